The van der Waals surface area contributed by atoms with Crippen LogP contribution in [0.4, 0.5) is 5.69 Å². The maximum absolute atomic E-state index is 12.2. The van der Waals surface area contributed by atoms with Crippen LogP contribution in [0.5, 0.6) is 0 Å². The second-order valence-electron chi connectivity index (χ2n) is 6.45. The SMILES string of the molecule is CCN(CC)CCOC(=O)c1ccc(NC(=O)Cc2cccc(C)c2)cc1. The number of nitrogens with zero attached hydrogens (tertiary/aromatic N) is 1. The van der Waals surface area contributed by atoms with Crippen molar-refractivity contribution in [3.05, 3.63) is 65.2 Å². The fourth-order valence-electron chi connectivity index (χ4n) is 2.79. The molecule has 5 heteroatoms. The number of carbonyl (C=O) groups excluding carboxylic acids is 2. The fourth-order valence-corrected chi connectivity index (χ4v) is 2.79. The van der Waals surface area contributed by atoms with E-state index in [4.69, 9.17) is 4.74 Å². The van der Waals surface area contributed by atoms with Crippen molar-refractivity contribution in [2.45, 2.75) is 27.2 Å². The highest BCUT2D eigenvalue weighted by Gasteiger charge is 2.09. The van der Waals surface area contributed by atoms with Gasteiger partial charge in [-0.2, -0.15) is 0 Å². The van der Waals surface area contributed by atoms with Gasteiger partial charge in [0.05, 0.1) is 12.0 Å². The van der Waals surface area contributed by atoms with E-state index in [0.717, 1.165) is 30.8 Å². The van der Waals surface area contributed by atoms with Crippen LogP contribution in [0.1, 0.15) is 35.3 Å². The maximum atomic E-state index is 12.2. The molecule has 2 rings (SSSR count). The lowest BCUT2D eigenvalue weighted by atomic mass is 10.1. The number of benzene rings is 2. The van der Waals surface area contributed by atoms with Crippen LogP contribution in [0, 0.1) is 6.92 Å². The summed E-state index contributed by atoms with van der Waals surface area (Å²) < 4.78 is 5.31. The molecule has 0 radical (unpaired) electrons. The van der Waals surface area contributed by atoms with Crippen LogP contribution >= 0.6 is 0 Å². The summed E-state index contributed by atoms with van der Waals surface area (Å²) >= 11 is 0. The van der Waals surface area contributed by atoms with Crippen LogP contribution < -0.4 is 5.32 Å². The smallest absolute Gasteiger partial charge is 0.338 e. The van der Waals surface area contributed by atoms with E-state index in [0.29, 0.717) is 24.3 Å². The van der Waals surface area contributed by atoms with Crippen molar-refractivity contribution < 1.29 is 14.3 Å². The summed E-state index contributed by atoms with van der Waals surface area (Å²) in [7, 11) is 0. The molecule has 0 fully saturated rings. The molecule has 0 atom stereocenters. The number of ether oxygens (including phenoxy) is 1. The molecule has 0 saturated carbocycles. The number of aryl methyl sites for hydroxylation is 1. The Kier molecular flexibility index (Phi) is 8.01. The average molecular weight is 368 g/mol. The van der Waals surface area contributed by atoms with Gasteiger partial charge >= 0.3 is 5.97 Å². The first kappa shape index (κ1) is 20.6. The standard InChI is InChI=1S/C22H28N2O3/c1-4-24(5-2)13-14-27-22(26)19-9-11-20(12-10-19)23-21(25)16-18-8-6-7-17(3)15-18/h6-12,15H,4-5,13-14,16H2,1-3H3,(H,23,25). The lowest BCUT2D eigenvalue weighted by Crippen LogP contribution is -2.27. The monoisotopic (exact) mass is 368 g/mol. The van der Waals surface area contributed by atoms with E-state index in [9.17, 15) is 9.59 Å². The Bertz CT molecular complexity index is 752. The number of nitrogens with one attached hydrogen (secondary N) is 1. The number of likely N-dealkylation sites (N-methyl/N-ethyl adjacent to an activating group) is 1. The van der Waals surface area contributed by atoms with Gasteiger partial charge in [0.1, 0.15) is 6.61 Å². The summed E-state index contributed by atoms with van der Waals surface area (Å²) in [5.74, 6) is -0.435. The largest absolute Gasteiger partial charge is 0.461 e. The second-order valence-corrected chi connectivity index (χ2v) is 6.45. The minimum absolute atomic E-state index is 0.0878. The summed E-state index contributed by atoms with van der Waals surface area (Å²) in [5.41, 5.74) is 3.24. The van der Waals surface area contributed by atoms with Crippen LogP contribution in [0.3, 0.4) is 0 Å². The first-order valence-corrected chi connectivity index (χ1v) is 9.36. The topological polar surface area (TPSA) is 58.6 Å². The summed E-state index contributed by atoms with van der Waals surface area (Å²) in [6.07, 6.45) is 0.316. The first-order valence-electron chi connectivity index (χ1n) is 9.36. The fraction of sp³-hybridized carbons (Fsp3) is 0.364. The molecule has 0 aliphatic rings. The van der Waals surface area contributed by atoms with Crippen LogP contribution in [-0.2, 0) is 16.0 Å². The number of rotatable bonds is 9. The van der Waals surface area contributed by atoms with Crippen molar-refractivity contribution in [1.29, 1.82) is 0 Å². The van der Waals surface area contributed by atoms with Gasteiger partial charge in [0.25, 0.3) is 0 Å². The lowest BCUT2D eigenvalue weighted by molar-refractivity contribution is -0.115. The third kappa shape index (κ3) is 6.87. The number of amides is 1. The van der Waals surface area contributed by atoms with E-state index in [-0.39, 0.29) is 11.9 Å². The Hall–Kier alpha value is -2.66. The van der Waals surface area contributed by atoms with Gasteiger partial charge in [-0.25, -0.2) is 4.79 Å². The molecule has 1 amide bonds. The molecule has 0 aliphatic carbocycles. The number of hydrogen-bond acceptors (Lipinski definition) is 4. The van der Waals surface area contributed by atoms with Gasteiger partial charge in [-0.15, -0.1) is 0 Å². The van der Waals surface area contributed by atoms with E-state index in [1.54, 1.807) is 24.3 Å². The molecule has 27 heavy (non-hydrogen) atoms. The molecule has 5 nitrogen and oxygen atoms in total. The van der Waals surface area contributed by atoms with Gasteiger partial charge in [-0.3, -0.25) is 4.79 Å². The van der Waals surface area contributed by atoms with Crippen LogP contribution in [0.2, 0.25) is 0 Å². The van der Waals surface area contributed by atoms with Crippen LogP contribution in [-0.4, -0.2) is 43.0 Å². The van der Waals surface area contributed by atoms with E-state index >= 15 is 0 Å². The zero-order valence-corrected chi connectivity index (χ0v) is 16.3. The molecule has 0 heterocycles. The summed E-state index contributed by atoms with van der Waals surface area (Å²) in [6.45, 7) is 9.13. The van der Waals surface area contributed by atoms with Crippen molar-refractivity contribution in [1.82, 2.24) is 4.90 Å². The van der Waals surface area contributed by atoms with Crippen LogP contribution in [0.15, 0.2) is 48.5 Å². The molecule has 0 unspecified atom stereocenters. The summed E-state index contributed by atoms with van der Waals surface area (Å²) in [5, 5.41) is 2.85. The molecule has 0 aromatic heterocycles. The van der Waals surface area contributed by atoms with Crippen LogP contribution in [0.25, 0.3) is 0 Å². The predicted molar refractivity (Wildman–Crippen MR) is 108 cm³/mol. The van der Waals surface area contributed by atoms with Crippen molar-refractivity contribution in [2.24, 2.45) is 0 Å². The molecule has 0 saturated heterocycles. The van der Waals surface area contributed by atoms with Crippen molar-refractivity contribution in [3.8, 4) is 0 Å². The lowest BCUT2D eigenvalue weighted by Gasteiger charge is -2.17. The van der Waals surface area contributed by atoms with Gasteiger partial charge in [-0.1, -0.05) is 43.7 Å². The molecular weight excluding hydrogens is 340 g/mol. The molecule has 0 bridgehead atoms. The van der Waals surface area contributed by atoms with Crippen molar-refractivity contribution >= 4 is 17.6 Å². The molecular formula is C22H28N2O3. The zero-order valence-electron chi connectivity index (χ0n) is 16.3. The first-order chi connectivity index (χ1) is 13.0. The zero-order chi connectivity index (χ0) is 19.6. The third-order valence-electron chi connectivity index (χ3n) is 4.39. The Morgan fingerprint density at radius 2 is 1.74 bits per heavy atom. The Labute approximate surface area is 161 Å². The molecule has 2 aromatic carbocycles. The molecule has 2 aromatic rings. The molecule has 0 spiro atoms. The Morgan fingerprint density at radius 1 is 1.04 bits per heavy atom. The highest BCUT2D eigenvalue weighted by Crippen LogP contribution is 2.12. The van der Waals surface area contributed by atoms with Gasteiger partial charge < -0.3 is 15.0 Å². The highest BCUT2D eigenvalue weighted by atomic mass is 16.5. The van der Waals surface area contributed by atoms with Crippen molar-refractivity contribution in [3.63, 3.8) is 0 Å². The quantitative estimate of drug-likeness (QED) is 0.686. The summed E-state index contributed by atoms with van der Waals surface area (Å²) in [6, 6.07) is 14.6. The van der Waals surface area contributed by atoms with E-state index in [1.807, 2.05) is 31.2 Å². The number of esters is 1. The maximum Gasteiger partial charge on any atom is 0.338 e. The average Bonchev–Trinajstić information content (AvgIpc) is 2.65. The second kappa shape index (κ2) is 10.5. The van der Waals surface area contributed by atoms with Gasteiger partial charge in [-0.05, 0) is 49.8 Å². The summed E-state index contributed by atoms with van der Waals surface area (Å²) in [4.78, 5) is 26.4. The van der Waals surface area contributed by atoms with E-state index in [1.165, 1.54) is 0 Å². The van der Waals surface area contributed by atoms with Gasteiger partial charge in [0.15, 0.2) is 0 Å². The molecule has 0 aliphatic heterocycles. The Morgan fingerprint density at radius 3 is 2.37 bits per heavy atom. The van der Waals surface area contributed by atoms with Gasteiger partial charge in [0, 0.05) is 12.2 Å². The molecule has 1 N–H and O–H groups in total. The number of carbonyl (C=O) groups is 2. The van der Waals surface area contributed by atoms with Gasteiger partial charge in [0.2, 0.25) is 5.91 Å². The van der Waals surface area contributed by atoms with E-state index in [2.05, 4.69) is 24.1 Å². The van der Waals surface area contributed by atoms with Crippen molar-refractivity contribution in [2.75, 3.05) is 31.6 Å². The van der Waals surface area contributed by atoms with E-state index < -0.39 is 0 Å². The molecule has 144 valence electrons. The third-order valence-corrected chi connectivity index (χ3v) is 4.39. The highest BCUT2D eigenvalue weighted by molar-refractivity contribution is 5.94. The Balaban J connectivity index is 1.83. The minimum atomic E-state index is -0.347. The number of hydrogen-bond donors (Lipinski definition) is 1. The predicted octanol–water partition coefficient (Wildman–Crippen LogP) is 3.67. The minimum Gasteiger partial charge on any atom is -0.461 e. The number of anilines is 1. The normalized spacial score (nSPS) is 10.7.